The zero-order valence-corrected chi connectivity index (χ0v) is 13.3. The van der Waals surface area contributed by atoms with Crippen molar-refractivity contribution < 1.29 is 23.7 Å². The van der Waals surface area contributed by atoms with E-state index in [2.05, 4.69) is 6.58 Å². The minimum Gasteiger partial charge on any atom is -0.618 e. The lowest BCUT2D eigenvalue weighted by molar-refractivity contribution is -0.361. The Morgan fingerprint density at radius 3 is 2.74 bits per heavy atom. The summed E-state index contributed by atoms with van der Waals surface area (Å²) in [5.74, 6) is -0.729. The Balaban J connectivity index is 1.80. The molecule has 2 saturated heterocycles. The Hall–Kier alpha value is -1.73. The van der Waals surface area contributed by atoms with Crippen molar-refractivity contribution in [3.05, 3.63) is 48.2 Å². The van der Waals surface area contributed by atoms with Crippen molar-refractivity contribution in [2.24, 2.45) is 0 Å². The second kappa shape index (κ2) is 6.41. The summed E-state index contributed by atoms with van der Waals surface area (Å²) >= 11 is 0. The molecule has 4 atom stereocenters. The smallest absolute Gasteiger partial charge is 0.216 e. The highest BCUT2D eigenvalue weighted by molar-refractivity contribution is 5.61. The molecule has 1 aromatic carbocycles. The van der Waals surface area contributed by atoms with Gasteiger partial charge in [-0.15, -0.1) is 6.58 Å². The predicted octanol–water partition coefficient (Wildman–Crippen LogP) is 2.35. The third-order valence-corrected chi connectivity index (χ3v) is 3.73. The topological polar surface area (TPSA) is 63.0 Å². The van der Waals surface area contributed by atoms with Crippen molar-refractivity contribution in [1.82, 2.24) is 0 Å². The average Bonchev–Trinajstić information content (AvgIpc) is 2.97. The van der Waals surface area contributed by atoms with Crippen LogP contribution in [0.3, 0.4) is 0 Å². The van der Waals surface area contributed by atoms with Gasteiger partial charge in [-0.05, 0) is 13.8 Å². The zero-order valence-electron chi connectivity index (χ0n) is 13.3. The fraction of sp³-hybridized carbons (Fsp3) is 0.471. The number of nitrogens with zero attached hydrogens (tertiary/aromatic N) is 1. The first-order chi connectivity index (χ1) is 11.0. The van der Waals surface area contributed by atoms with Gasteiger partial charge in [0.2, 0.25) is 5.69 Å². The second-order valence-electron chi connectivity index (χ2n) is 5.97. The monoisotopic (exact) mass is 319 g/mol. The number of ether oxygens (including phenoxy) is 4. The van der Waals surface area contributed by atoms with Gasteiger partial charge in [-0.2, -0.15) is 4.74 Å². The first kappa shape index (κ1) is 16.1. The van der Waals surface area contributed by atoms with Crippen LogP contribution in [0.4, 0.5) is 5.69 Å². The van der Waals surface area contributed by atoms with Gasteiger partial charge in [0, 0.05) is 12.1 Å². The van der Waals surface area contributed by atoms with Crippen molar-refractivity contribution >= 4 is 11.9 Å². The van der Waals surface area contributed by atoms with Crippen LogP contribution in [0.1, 0.15) is 13.8 Å². The highest BCUT2D eigenvalue weighted by Gasteiger charge is 2.56. The van der Waals surface area contributed by atoms with E-state index in [4.69, 9.17) is 18.9 Å². The van der Waals surface area contributed by atoms with Crippen LogP contribution >= 0.6 is 0 Å². The van der Waals surface area contributed by atoms with Crippen LogP contribution in [-0.2, 0) is 18.9 Å². The largest absolute Gasteiger partial charge is 0.618 e. The average molecular weight is 319 g/mol. The van der Waals surface area contributed by atoms with E-state index in [1.165, 1.54) is 6.21 Å². The molecule has 2 fully saturated rings. The fourth-order valence-corrected chi connectivity index (χ4v) is 2.79. The normalized spacial score (nSPS) is 32.7. The summed E-state index contributed by atoms with van der Waals surface area (Å²) in [5.41, 5.74) is 0.526. The summed E-state index contributed by atoms with van der Waals surface area (Å²) < 4.78 is 23.9. The van der Waals surface area contributed by atoms with Crippen LogP contribution in [0.2, 0.25) is 0 Å². The molecule has 0 N–H and O–H groups in total. The number of benzene rings is 1. The van der Waals surface area contributed by atoms with E-state index in [0.29, 0.717) is 12.3 Å². The summed E-state index contributed by atoms with van der Waals surface area (Å²) in [7, 11) is 0. The van der Waals surface area contributed by atoms with Crippen molar-refractivity contribution in [3.8, 4) is 0 Å². The maximum atomic E-state index is 12.3. The summed E-state index contributed by atoms with van der Waals surface area (Å²) in [6.45, 7) is 7.63. The van der Waals surface area contributed by atoms with Gasteiger partial charge in [0.15, 0.2) is 24.4 Å². The Morgan fingerprint density at radius 2 is 2.04 bits per heavy atom. The van der Waals surface area contributed by atoms with E-state index in [1.54, 1.807) is 30.3 Å². The highest BCUT2D eigenvalue weighted by atomic mass is 16.8. The lowest BCUT2D eigenvalue weighted by Crippen LogP contribution is -2.38. The van der Waals surface area contributed by atoms with Gasteiger partial charge in [-0.1, -0.05) is 24.3 Å². The van der Waals surface area contributed by atoms with E-state index in [9.17, 15) is 5.21 Å². The van der Waals surface area contributed by atoms with E-state index in [-0.39, 0.29) is 6.10 Å². The van der Waals surface area contributed by atoms with E-state index >= 15 is 0 Å². The summed E-state index contributed by atoms with van der Waals surface area (Å²) in [4.78, 5) is 0. The van der Waals surface area contributed by atoms with E-state index in [1.807, 2.05) is 19.9 Å². The molecule has 0 aliphatic carbocycles. The standard InChI is InChI=1S/C17H21NO5/c1-4-10-20-14-13(11-18(19)12-8-6-5-7-9-12)21-16-15(14)22-17(2,3)23-16/h4-9,11,13-16H,1,10H2,2-3H3/b18-11+/t13-,14+,15-,16-/m1/s1. The van der Waals surface area contributed by atoms with Crippen LogP contribution in [0, 0.1) is 5.21 Å². The summed E-state index contributed by atoms with van der Waals surface area (Å²) in [5, 5.41) is 12.3. The molecule has 0 bridgehead atoms. The Kier molecular flexibility index (Phi) is 4.50. The molecule has 23 heavy (non-hydrogen) atoms. The second-order valence-corrected chi connectivity index (χ2v) is 5.97. The van der Waals surface area contributed by atoms with Gasteiger partial charge < -0.3 is 24.2 Å². The van der Waals surface area contributed by atoms with Gasteiger partial charge in [-0.25, -0.2) is 0 Å². The van der Waals surface area contributed by atoms with Crippen molar-refractivity contribution in [2.45, 2.75) is 44.2 Å². The minimum atomic E-state index is -0.729. The van der Waals surface area contributed by atoms with E-state index in [0.717, 1.165) is 4.74 Å². The molecule has 0 saturated carbocycles. The molecule has 0 aromatic heterocycles. The van der Waals surface area contributed by atoms with Gasteiger partial charge in [0.05, 0.1) is 6.61 Å². The first-order valence-corrected chi connectivity index (χ1v) is 7.60. The molecule has 1 aromatic rings. The summed E-state index contributed by atoms with van der Waals surface area (Å²) in [6.07, 6.45) is 1.18. The van der Waals surface area contributed by atoms with Gasteiger partial charge >= 0.3 is 0 Å². The Bertz CT molecular complexity index is 586. The van der Waals surface area contributed by atoms with Gasteiger partial charge in [0.1, 0.15) is 12.2 Å². The number of rotatable bonds is 5. The van der Waals surface area contributed by atoms with Crippen LogP contribution < -0.4 is 0 Å². The molecule has 0 spiro atoms. The quantitative estimate of drug-likeness (QED) is 0.274. The van der Waals surface area contributed by atoms with Crippen LogP contribution in [0.25, 0.3) is 0 Å². The molecule has 2 aliphatic rings. The van der Waals surface area contributed by atoms with Crippen molar-refractivity contribution in [2.75, 3.05) is 6.61 Å². The molecule has 0 amide bonds. The molecular formula is C17H21NO5. The third kappa shape index (κ3) is 3.45. The number of fused-ring (bicyclic) bond motifs is 1. The van der Waals surface area contributed by atoms with Crippen LogP contribution in [-0.4, -0.2) is 47.9 Å². The zero-order chi connectivity index (χ0) is 16.4. The first-order valence-electron chi connectivity index (χ1n) is 7.60. The molecule has 0 unspecified atom stereocenters. The molecule has 2 aliphatic heterocycles. The summed E-state index contributed by atoms with van der Waals surface area (Å²) in [6, 6.07) is 8.93. The molecule has 0 radical (unpaired) electrons. The number of hydrogen-bond acceptors (Lipinski definition) is 5. The number of hydrogen-bond donors (Lipinski definition) is 0. The molecular weight excluding hydrogens is 298 g/mol. The van der Waals surface area contributed by atoms with Crippen LogP contribution in [0.5, 0.6) is 0 Å². The van der Waals surface area contributed by atoms with E-state index < -0.39 is 24.3 Å². The molecule has 124 valence electrons. The Morgan fingerprint density at radius 1 is 1.30 bits per heavy atom. The van der Waals surface area contributed by atoms with Gasteiger partial charge in [0.25, 0.3) is 0 Å². The lowest BCUT2D eigenvalue weighted by Gasteiger charge is -2.23. The van der Waals surface area contributed by atoms with Crippen molar-refractivity contribution in [1.29, 1.82) is 0 Å². The molecule has 2 heterocycles. The molecule has 6 heteroatoms. The van der Waals surface area contributed by atoms with Gasteiger partial charge in [-0.3, -0.25) is 0 Å². The number of para-hydroxylation sites is 1. The maximum absolute atomic E-state index is 12.3. The van der Waals surface area contributed by atoms with Crippen LogP contribution in [0.15, 0.2) is 43.0 Å². The highest BCUT2D eigenvalue weighted by Crippen LogP contribution is 2.38. The third-order valence-electron chi connectivity index (χ3n) is 3.73. The minimum absolute atomic E-state index is 0.343. The molecule has 3 rings (SSSR count). The maximum Gasteiger partial charge on any atom is 0.216 e. The molecule has 6 nitrogen and oxygen atoms in total. The van der Waals surface area contributed by atoms with Crippen molar-refractivity contribution in [3.63, 3.8) is 0 Å². The predicted molar refractivity (Wildman–Crippen MR) is 84.4 cm³/mol. The Labute approximate surface area is 135 Å². The lowest BCUT2D eigenvalue weighted by atomic mass is 10.1. The fourth-order valence-electron chi connectivity index (χ4n) is 2.79. The SMILES string of the molecule is C=CCO[C@@H]1[C@H]2OC(C)(C)O[C@H]2O[C@@H]1/C=[N+](/[O-])c1ccccc1.